The molecular formula is C31H37F6N2OPSSi. The number of rotatable bonds is 9. The number of halogens is 6. The predicted molar refractivity (Wildman–Crippen MR) is 171 cm³/mol. The van der Waals surface area contributed by atoms with Crippen molar-refractivity contribution >= 4 is 49.9 Å². The van der Waals surface area contributed by atoms with E-state index in [1.54, 1.807) is 0 Å². The molecule has 0 radical (unpaired) electrons. The summed E-state index contributed by atoms with van der Waals surface area (Å²) in [6.07, 6.45) is -9.77. The van der Waals surface area contributed by atoms with Crippen molar-refractivity contribution in [1.82, 2.24) is 5.32 Å². The molecule has 0 heterocycles. The second kappa shape index (κ2) is 13.7. The molecule has 43 heavy (non-hydrogen) atoms. The van der Waals surface area contributed by atoms with Gasteiger partial charge in [0, 0.05) is 5.69 Å². The zero-order chi connectivity index (χ0) is 32.2. The third kappa shape index (κ3) is 9.76. The fourth-order valence-corrected chi connectivity index (χ4v) is 8.45. The van der Waals surface area contributed by atoms with Crippen LogP contribution in [0.4, 0.5) is 32.0 Å². The van der Waals surface area contributed by atoms with Crippen LogP contribution in [0.1, 0.15) is 38.8 Å². The molecule has 3 aromatic carbocycles. The van der Waals surface area contributed by atoms with Crippen LogP contribution in [-0.2, 0) is 16.8 Å². The van der Waals surface area contributed by atoms with Crippen molar-refractivity contribution in [1.29, 1.82) is 0 Å². The first-order valence-electron chi connectivity index (χ1n) is 13.7. The normalized spacial score (nSPS) is 14.3. The maximum atomic E-state index is 13.5. The van der Waals surface area contributed by atoms with Crippen LogP contribution in [0.3, 0.4) is 0 Å². The molecule has 0 aromatic heterocycles. The van der Waals surface area contributed by atoms with Gasteiger partial charge in [-0.15, -0.1) is 0 Å². The molecule has 0 amide bonds. The molecule has 0 saturated heterocycles. The molecule has 12 heteroatoms. The molecule has 3 aromatic rings. The lowest BCUT2D eigenvalue weighted by Crippen LogP contribution is -2.53. The number of nitrogens with one attached hydrogen (secondary N) is 2. The smallest absolute Gasteiger partial charge is 0.412 e. The summed E-state index contributed by atoms with van der Waals surface area (Å²) in [4.78, 5) is 0. The average molecular weight is 659 g/mol. The van der Waals surface area contributed by atoms with Crippen molar-refractivity contribution in [3.8, 4) is 0 Å². The molecule has 0 unspecified atom stereocenters. The van der Waals surface area contributed by atoms with Crippen molar-refractivity contribution in [3.63, 3.8) is 0 Å². The third-order valence-corrected chi connectivity index (χ3v) is 14.9. The zero-order valence-corrected chi connectivity index (χ0v) is 27.6. The van der Waals surface area contributed by atoms with Crippen LogP contribution < -0.4 is 21.2 Å². The summed E-state index contributed by atoms with van der Waals surface area (Å²) < 4.78 is 87.4. The molecule has 2 atom stereocenters. The van der Waals surface area contributed by atoms with Gasteiger partial charge in [-0.3, -0.25) is 0 Å². The van der Waals surface area contributed by atoms with Gasteiger partial charge in [-0.25, -0.2) is 0 Å². The van der Waals surface area contributed by atoms with E-state index in [2.05, 4.69) is 44.5 Å². The highest BCUT2D eigenvalue weighted by Gasteiger charge is 2.41. The zero-order valence-electron chi connectivity index (χ0n) is 24.9. The maximum Gasteiger partial charge on any atom is 0.416 e. The Labute approximate surface area is 257 Å². The Balaban J connectivity index is 1.98. The summed E-state index contributed by atoms with van der Waals surface area (Å²) in [5.41, 5.74) is -3.25. The lowest BCUT2D eigenvalue weighted by atomic mass is 10.1. The van der Waals surface area contributed by atoms with Crippen molar-refractivity contribution in [2.75, 3.05) is 11.5 Å². The maximum absolute atomic E-state index is 13.5. The lowest BCUT2D eigenvalue weighted by Gasteiger charge is -2.41. The van der Waals surface area contributed by atoms with Crippen molar-refractivity contribution < 1.29 is 30.8 Å². The minimum atomic E-state index is -4.97. The molecule has 0 aliphatic rings. The van der Waals surface area contributed by atoms with E-state index in [9.17, 15) is 26.3 Å². The summed E-state index contributed by atoms with van der Waals surface area (Å²) in [5, 5.41) is 7.81. The molecule has 0 saturated carbocycles. The molecule has 0 aliphatic carbocycles. The van der Waals surface area contributed by atoms with Crippen molar-refractivity contribution in [2.45, 2.75) is 70.3 Å². The summed E-state index contributed by atoms with van der Waals surface area (Å²) in [6.45, 7) is 12.5. The molecular weight excluding hydrogens is 621 g/mol. The molecule has 234 valence electrons. The van der Waals surface area contributed by atoms with Gasteiger partial charge in [0.15, 0.2) is 13.4 Å². The Morgan fingerprint density at radius 3 is 1.65 bits per heavy atom. The number of hydrogen-bond donors (Lipinski definition) is 2. The van der Waals surface area contributed by atoms with E-state index < -0.39 is 51.4 Å². The van der Waals surface area contributed by atoms with Gasteiger partial charge in [-0.1, -0.05) is 81.4 Å². The van der Waals surface area contributed by atoms with Crippen LogP contribution in [-0.4, -0.2) is 31.7 Å². The van der Waals surface area contributed by atoms with E-state index in [1.165, 1.54) is 0 Å². The molecule has 3 rings (SSSR count). The fraction of sp³-hybridized carbons (Fsp3) is 0.387. The van der Waals surface area contributed by atoms with Gasteiger partial charge >= 0.3 is 12.4 Å². The Morgan fingerprint density at radius 1 is 0.814 bits per heavy atom. The highest BCUT2D eigenvalue weighted by atomic mass is 32.1. The number of alkyl halides is 6. The van der Waals surface area contributed by atoms with Gasteiger partial charge in [0.1, 0.15) is 0 Å². The molecule has 0 aliphatic heterocycles. The minimum Gasteiger partial charge on any atom is -0.412 e. The first-order chi connectivity index (χ1) is 19.8. The summed E-state index contributed by atoms with van der Waals surface area (Å²) >= 11 is 5.48. The van der Waals surface area contributed by atoms with Gasteiger partial charge in [0.05, 0.1) is 23.3 Å². The van der Waals surface area contributed by atoms with Crippen LogP contribution in [0.25, 0.3) is 0 Å². The number of thiocarbonyl (C=S) groups is 1. The van der Waals surface area contributed by atoms with Crippen LogP contribution in [0.5, 0.6) is 0 Å². The summed E-state index contributed by atoms with van der Waals surface area (Å²) in [6, 6.07) is 20.8. The van der Waals surface area contributed by atoms with Gasteiger partial charge in [-0.2, -0.15) is 26.3 Å². The summed E-state index contributed by atoms with van der Waals surface area (Å²) in [5.74, 6) is 0. The number of anilines is 1. The van der Waals surface area contributed by atoms with E-state index in [4.69, 9.17) is 16.6 Å². The highest BCUT2D eigenvalue weighted by molar-refractivity contribution is 7.80. The average Bonchev–Trinajstić information content (AvgIpc) is 2.90. The monoisotopic (exact) mass is 658 g/mol. The Hall–Kier alpha value is -2.46. The van der Waals surface area contributed by atoms with Crippen LogP contribution in [0.15, 0.2) is 78.9 Å². The Bertz CT molecular complexity index is 1290. The molecule has 2 N–H and O–H groups in total. The third-order valence-electron chi connectivity index (χ3n) is 7.53. The Kier molecular flexibility index (Phi) is 11.1. The number of benzene rings is 3. The topological polar surface area (TPSA) is 33.3 Å². The van der Waals surface area contributed by atoms with E-state index in [-0.39, 0.29) is 22.3 Å². The van der Waals surface area contributed by atoms with Gasteiger partial charge in [0.2, 0.25) is 0 Å². The van der Waals surface area contributed by atoms with Gasteiger partial charge < -0.3 is 15.1 Å². The van der Waals surface area contributed by atoms with E-state index in [1.807, 2.05) is 67.6 Å². The van der Waals surface area contributed by atoms with Crippen LogP contribution >= 0.6 is 20.1 Å². The predicted octanol–water partition coefficient (Wildman–Crippen LogP) is 8.92. The van der Waals surface area contributed by atoms with E-state index in [0.29, 0.717) is 18.3 Å². The largest absolute Gasteiger partial charge is 0.416 e. The second-order valence-corrected chi connectivity index (χ2v) is 19.3. The molecule has 0 bridgehead atoms. The second-order valence-electron chi connectivity index (χ2n) is 11.9. The first kappa shape index (κ1) is 35.0. The number of hydrogen-bond acceptors (Lipinski definition) is 2. The molecule has 0 spiro atoms. The molecule has 3 nitrogen and oxygen atoms in total. The first-order valence-corrected chi connectivity index (χ1v) is 18.5. The van der Waals surface area contributed by atoms with Crippen LogP contribution in [0.2, 0.25) is 18.1 Å². The van der Waals surface area contributed by atoms with Crippen molar-refractivity contribution in [2.24, 2.45) is 0 Å². The lowest BCUT2D eigenvalue weighted by molar-refractivity contribution is -0.143. The van der Waals surface area contributed by atoms with Crippen LogP contribution in [0, 0.1) is 0 Å². The highest BCUT2D eigenvalue weighted by Crippen LogP contribution is 2.40. The minimum absolute atomic E-state index is 0.0898. The van der Waals surface area contributed by atoms with Gasteiger partial charge in [-0.05, 0) is 80.2 Å². The van der Waals surface area contributed by atoms with E-state index >= 15 is 0 Å². The Morgan fingerprint density at radius 2 is 1.26 bits per heavy atom. The standard InChI is InChI=1S/C31H37F6N2OPSSi/c1-21(40-43(5,6)29(2,3)4)27(20-41(25-13-9-7-10-14-25)26-15-11-8-12-16-26)39-28(42)38-24-18-22(30(32,33)34)17-23(19-24)31(35,36)37/h7-19,21,27H,20H2,1-6H3,(H2,38,39,42)/t21-,27-/m1/s1. The SMILES string of the molecule is C[C@@H](O[Si](C)(C)C(C)(C)C)[C@@H](CP(c1ccccc1)c1ccccc1)NC(=S)Nc1cc(C(F)(F)F)cc(C(F)(F)F)c1. The quantitative estimate of drug-likeness (QED) is 0.104. The fourth-order valence-electron chi connectivity index (χ4n) is 4.17. The van der Waals surface area contributed by atoms with Crippen molar-refractivity contribution in [3.05, 3.63) is 90.0 Å². The van der Waals surface area contributed by atoms with Gasteiger partial charge in [0.25, 0.3) is 0 Å². The molecule has 0 fully saturated rings. The van der Waals surface area contributed by atoms with E-state index in [0.717, 1.165) is 10.6 Å². The summed E-state index contributed by atoms with van der Waals surface area (Å²) in [7, 11) is -3.20.